The molecule has 0 amide bonds. The molecule has 3 rings (SSSR count). The molecule has 1 aromatic carbocycles. The molecule has 1 aliphatic heterocycles. The lowest BCUT2D eigenvalue weighted by Crippen LogP contribution is -2.26. The van der Waals surface area contributed by atoms with Crippen molar-refractivity contribution in [3.63, 3.8) is 0 Å². The molecule has 1 aromatic heterocycles. The number of ether oxygens (including phenoxy) is 1. The predicted molar refractivity (Wildman–Crippen MR) is 80.4 cm³/mol. The molecular formula is C15H19FN2OS. The fraction of sp³-hybridized carbons (Fsp3) is 0.467. The molecule has 1 fully saturated rings. The van der Waals surface area contributed by atoms with E-state index < -0.39 is 0 Å². The molecule has 0 spiro atoms. The van der Waals surface area contributed by atoms with E-state index in [1.807, 2.05) is 6.07 Å². The lowest BCUT2D eigenvalue weighted by molar-refractivity contribution is 0.140. The minimum atomic E-state index is -0.139. The van der Waals surface area contributed by atoms with Crippen molar-refractivity contribution in [3.05, 3.63) is 34.5 Å². The summed E-state index contributed by atoms with van der Waals surface area (Å²) < 4.78 is 20.6. The minimum Gasteiger partial charge on any atom is -0.380 e. The maximum Gasteiger partial charge on any atom is 0.132 e. The summed E-state index contributed by atoms with van der Waals surface area (Å²) in [7, 11) is 0. The molecule has 0 bridgehead atoms. The van der Waals surface area contributed by atoms with Gasteiger partial charge in [0, 0.05) is 47.7 Å². The van der Waals surface area contributed by atoms with Crippen LogP contribution >= 0.6 is 11.3 Å². The Kier molecular flexibility index (Phi) is 4.31. The highest BCUT2D eigenvalue weighted by Gasteiger charge is 2.18. The average molecular weight is 294 g/mol. The molecule has 108 valence electrons. The third-order valence-electron chi connectivity index (χ3n) is 3.73. The maximum absolute atomic E-state index is 14.2. The third kappa shape index (κ3) is 2.72. The zero-order chi connectivity index (χ0) is 13.9. The summed E-state index contributed by atoms with van der Waals surface area (Å²) in [4.78, 5) is 3.43. The summed E-state index contributed by atoms with van der Waals surface area (Å²) in [5.74, 6) is -0.139. The van der Waals surface area contributed by atoms with Crippen LogP contribution in [0.1, 0.15) is 16.9 Å². The fourth-order valence-electron chi connectivity index (χ4n) is 2.73. The van der Waals surface area contributed by atoms with Gasteiger partial charge in [-0.15, -0.1) is 11.3 Å². The van der Waals surface area contributed by atoms with Crippen molar-refractivity contribution in [1.82, 2.24) is 4.90 Å². The Balaban J connectivity index is 1.96. The molecular weight excluding hydrogens is 275 g/mol. The van der Waals surface area contributed by atoms with E-state index in [1.165, 1.54) is 6.07 Å². The standard InChI is InChI=1S/C15H19FN2OS/c16-12-3-1-4-13-15(12)11(14(9-17)20-13)10-18-5-2-7-19-8-6-18/h1,3-4H,2,5-10,17H2. The van der Waals surface area contributed by atoms with Crippen LogP contribution in [0.5, 0.6) is 0 Å². The smallest absolute Gasteiger partial charge is 0.132 e. The van der Waals surface area contributed by atoms with Crippen molar-refractivity contribution in [3.8, 4) is 0 Å². The maximum atomic E-state index is 14.2. The van der Waals surface area contributed by atoms with E-state index >= 15 is 0 Å². The van der Waals surface area contributed by atoms with E-state index in [9.17, 15) is 4.39 Å². The van der Waals surface area contributed by atoms with Crippen LogP contribution in [0.25, 0.3) is 10.1 Å². The molecule has 3 nitrogen and oxygen atoms in total. The fourth-order valence-corrected chi connectivity index (χ4v) is 3.84. The molecule has 1 saturated heterocycles. The zero-order valence-electron chi connectivity index (χ0n) is 11.4. The van der Waals surface area contributed by atoms with Gasteiger partial charge in [0.1, 0.15) is 5.82 Å². The molecule has 1 aliphatic rings. The van der Waals surface area contributed by atoms with Crippen molar-refractivity contribution >= 4 is 21.4 Å². The van der Waals surface area contributed by atoms with Gasteiger partial charge in [-0.2, -0.15) is 0 Å². The van der Waals surface area contributed by atoms with Gasteiger partial charge >= 0.3 is 0 Å². The van der Waals surface area contributed by atoms with E-state index in [2.05, 4.69) is 4.90 Å². The zero-order valence-corrected chi connectivity index (χ0v) is 12.2. The van der Waals surface area contributed by atoms with Gasteiger partial charge in [-0.3, -0.25) is 4.90 Å². The van der Waals surface area contributed by atoms with Gasteiger partial charge in [0.05, 0.1) is 6.61 Å². The Morgan fingerprint density at radius 1 is 1.30 bits per heavy atom. The lowest BCUT2D eigenvalue weighted by atomic mass is 10.1. The number of hydrogen-bond acceptors (Lipinski definition) is 4. The molecule has 0 unspecified atom stereocenters. The summed E-state index contributed by atoms with van der Waals surface area (Å²) in [6.07, 6.45) is 1.03. The largest absolute Gasteiger partial charge is 0.380 e. The van der Waals surface area contributed by atoms with Crippen LogP contribution in [0.2, 0.25) is 0 Å². The normalized spacial score (nSPS) is 17.5. The number of nitrogens with zero attached hydrogens (tertiary/aromatic N) is 1. The van der Waals surface area contributed by atoms with Crippen LogP contribution < -0.4 is 5.73 Å². The first-order chi connectivity index (χ1) is 9.79. The highest BCUT2D eigenvalue weighted by molar-refractivity contribution is 7.19. The van der Waals surface area contributed by atoms with Gasteiger partial charge in [0.25, 0.3) is 0 Å². The van der Waals surface area contributed by atoms with Crippen LogP contribution in [-0.2, 0) is 17.8 Å². The number of rotatable bonds is 3. The van der Waals surface area contributed by atoms with Gasteiger partial charge in [-0.25, -0.2) is 4.39 Å². The first-order valence-electron chi connectivity index (χ1n) is 6.98. The average Bonchev–Trinajstić information content (AvgIpc) is 2.62. The Labute approximate surface area is 122 Å². The number of thiophene rings is 1. The highest BCUT2D eigenvalue weighted by Crippen LogP contribution is 2.34. The first-order valence-corrected chi connectivity index (χ1v) is 7.80. The van der Waals surface area contributed by atoms with Crippen molar-refractivity contribution in [2.24, 2.45) is 5.73 Å². The van der Waals surface area contributed by atoms with Gasteiger partial charge in [-0.05, 0) is 24.1 Å². The molecule has 2 N–H and O–H groups in total. The summed E-state index contributed by atoms with van der Waals surface area (Å²) in [5, 5.41) is 0.753. The van der Waals surface area contributed by atoms with Crippen molar-refractivity contribution in [1.29, 1.82) is 0 Å². The molecule has 2 heterocycles. The molecule has 0 aliphatic carbocycles. The van der Waals surface area contributed by atoms with E-state index in [4.69, 9.17) is 10.5 Å². The molecule has 0 saturated carbocycles. The van der Waals surface area contributed by atoms with Crippen LogP contribution in [0.4, 0.5) is 4.39 Å². The molecule has 5 heteroatoms. The number of benzene rings is 1. The Bertz CT molecular complexity index is 591. The number of hydrogen-bond donors (Lipinski definition) is 1. The monoisotopic (exact) mass is 294 g/mol. The minimum absolute atomic E-state index is 0.139. The third-order valence-corrected chi connectivity index (χ3v) is 4.95. The van der Waals surface area contributed by atoms with Crippen LogP contribution in [0.15, 0.2) is 18.2 Å². The first kappa shape index (κ1) is 13.9. The summed E-state index contributed by atoms with van der Waals surface area (Å²) in [6.45, 7) is 4.70. The second-order valence-corrected chi connectivity index (χ2v) is 6.20. The lowest BCUT2D eigenvalue weighted by Gasteiger charge is -2.19. The second kappa shape index (κ2) is 6.18. The van der Waals surface area contributed by atoms with Crippen molar-refractivity contribution in [2.45, 2.75) is 19.5 Å². The quantitative estimate of drug-likeness (QED) is 0.946. The van der Waals surface area contributed by atoms with E-state index in [0.29, 0.717) is 6.54 Å². The van der Waals surface area contributed by atoms with E-state index in [-0.39, 0.29) is 5.82 Å². The van der Waals surface area contributed by atoms with E-state index in [0.717, 1.165) is 59.8 Å². The Morgan fingerprint density at radius 3 is 3.05 bits per heavy atom. The van der Waals surface area contributed by atoms with Gasteiger partial charge in [0.15, 0.2) is 0 Å². The number of nitrogens with two attached hydrogens (primary N) is 1. The molecule has 20 heavy (non-hydrogen) atoms. The van der Waals surface area contributed by atoms with Crippen molar-refractivity contribution in [2.75, 3.05) is 26.3 Å². The van der Waals surface area contributed by atoms with E-state index in [1.54, 1.807) is 17.4 Å². The van der Waals surface area contributed by atoms with Gasteiger partial charge in [0.2, 0.25) is 0 Å². The summed E-state index contributed by atoms with van der Waals surface area (Å²) in [6, 6.07) is 5.26. The molecule has 2 aromatic rings. The predicted octanol–water partition coefficient (Wildman–Crippen LogP) is 2.72. The van der Waals surface area contributed by atoms with Crippen LogP contribution in [0.3, 0.4) is 0 Å². The number of halogens is 1. The Morgan fingerprint density at radius 2 is 2.20 bits per heavy atom. The topological polar surface area (TPSA) is 38.5 Å². The summed E-state index contributed by atoms with van der Waals surface area (Å²) >= 11 is 1.61. The Hall–Kier alpha value is -1.01. The van der Waals surface area contributed by atoms with Gasteiger partial charge in [-0.1, -0.05) is 6.07 Å². The molecule has 0 atom stereocenters. The SMILES string of the molecule is NCc1sc2cccc(F)c2c1CN1CCCOCC1. The van der Waals surface area contributed by atoms with Crippen LogP contribution in [0, 0.1) is 5.82 Å². The number of fused-ring (bicyclic) bond motifs is 1. The van der Waals surface area contributed by atoms with Gasteiger partial charge < -0.3 is 10.5 Å². The highest BCUT2D eigenvalue weighted by atomic mass is 32.1. The van der Waals surface area contributed by atoms with Crippen LogP contribution in [-0.4, -0.2) is 31.2 Å². The summed E-state index contributed by atoms with van der Waals surface area (Å²) in [5.41, 5.74) is 6.91. The van der Waals surface area contributed by atoms with Crippen molar-refractivity contribution < 1.29 is 9.13 Å². The molecule has 0 radical (unpaired) electrons. The second-order valence-electron chi connectivity index (χ2n) is 5.06.